The normalized spacial score (nSPS) is 15.6. The van der Waals surface area contributed by atoms with Crippen molar-refractivity contribution >= 4 is 0 Å². The van der Waals surface area contributed by atoms with E-state index in [4.69, 9.17) is 9.47 Å². The molecule has 1 atom stereocenters. The van der Waals surface area contributed by atoms with Crippen LogP contribution in [0.25, 0.3) is 0 Å². The predicted molar refractivity (Wildman–Crippen MR) is 108 cm³/mol. The summed E-state index contributed by atoms with van der Waals surface area (Å²) in [6, 6.07) is 10.7. The zero-order chi connectivity index (χ0) is 18.9. The molecule has 1 fully saturated rings. The number of nitrogens with zero attached hydrogens (tertiary/aromatic N) is 2. The van der Waals surface area contributed by atoms with Gasteiger partial charge in [0.05, 0.1) is 7.11 Å². The molecule has 5 heteroatoms. The summed E-state index contributed by atoms with van der Waals surface area (Å²) in [6.45, 7) is 7.15. The fourth-order valence-electron chi connectivity index (χ4n) is 3.60. The van der Waals surface area contributed by atoms with Gasteiger partial charge in [-0.2, -0.15) is 0 Å². The van der Waals surface area contributed by atoms with Gasteiger partial charge >= 0.3 is 0 Å². The molecule has 3 rings (SSSR count). The summed E-state index contributed by atoms with van der Waals surface area (Å²) in [5, 5.41) is 3.61. The van der Waals surface area contributed by atoms with Crippen molar-refractivity contribution in [3.63, 3.8) is 0 Å². The highest BCUT2D eigenvalue weighted by molar-refractivity contribution is 5.43. The van der Waals surface area contributed by atoms with Crippen LogP contribution in [0.3, 0.4) is 0 Å². The topological polar surface area (TPSA) is 46.6 Å². The van der Waals surface area contributed by atoms with E-state index in [2.05, 4.69) is 34.3 Å². The maximum Gasteiger partial charge on any atom is 0.161 e. The van der Waals surface area contributed by atoms with E-state index < -0.39 is 0 Å². The monoisotopic (exact) mass is 369 g/mol. The molecule has 1 saturated heterocycles. The van der Waals surface area contributed by atoms with Gasteiger partial charge in [0.15, 0.2) is 11.5 Å². The van der Waals surface area contributed by atoms with Crippen molar-refractivity contribution in [3.8, 4) is 11.5 Å². The number of aromatic nitrogens is 1. The Labute approximate surface area is 162 Å². The Morgan fingerprint density at radius 2 is 1.85 bits per heavy atom. The minimum Gasteiger partial charge on any atom is -0.493 e. The van der Waals surface area contributed by atoms with Crippen molar-refractivity contribution < 1.29 is 9.47 Å². The summed E-state index contributed by atoms with van der Waals surface area (Å²) in [4.78, 5) is 6.64. The van der Waals surface area contributed by atoms with Crippen molar-refractivity contribution in [1.82, 2.24) is 15.2 Å². The van der Waals surface area contributed by atoms with E-state index in [1.54, 1.807) is 19.5 Å². The first-order valence-electron chi connectivity index (χ1n) is 9.93. The fraction of sp³-hybridized carbons (Fsp3) is 0.500. The average molecular weight is 370 g/mol. The van der Waals surface area contributed by atoms with E-state index in [0.29, 0.717) is 12.6 Å². The lowest BCUT2D eigenvalue weighted by Gasteiger charge is -2.26. The van der Waals surface area contributed by atoms with Gasteiger partial charge in [0.2, 0.25) is 0 Å². The molecule has 27 heavy (non-hydrogen) atoms. The molecule has 0 radical (unpaired) electrons. The summed E-state index contributed by atoms with van der Waals surface area (Å²) in [7, 11) is 1.69. The van der Waals surface area contributed by atoms with Crippen LogP contribution in [0.2, 0.25) is 0 Å². The highest BCUT2D eigenvalue weighted by Gasteiger charge is 2.19. The molecule has 1 aromatic carbocycles. The van der Waals surface area contributed by atoms with Crippen LogP contribution in [-0.4, -0.2) is 42.7 Å². The largest absolute Gasteiger partial charge is 0.493 e. The van der Waals surface area contributed by atoms with Crippen LogP contribution in [-0.2, 0) is 13.2 Å². The number of rotatable bonds is 10. The fourth-order valence-corrected chi connectivity index (χ4v) is 3.60. The van der Waals surface area contributed by atoms with Crippen molar-refractivity contribution in [2.24, 2.45) is 0 Å². The van der Waals surface area contributed by atoms with E-state index in [0.717, 1.165) is 30.2 Å². The molecule has 2 heterocycles. The lowest BCUT2D eigenvalue weighted by Crippen LogP contribution is -2.40. The Morgan fingerprint density at radius 3 is 2.56 bits per heavy atom. The zero-order valence-electron chi connectivity index (χ0n) is 16.5. The molecule has 2 aromatic rings. The third kappa shape index (κ3) is 5.68. The second-order valence-corrected chi connectivity index (χ2v) is 7.07. The number of hydrogen-bond donors (Lipinski definition) is 1. The number of nitrogens with one attached hydrogen (secondary N) is 1. The average Bonchev–Trinajstić information content (AvgIpc) is 3.25. The van der Waals surface area contributed by atoms with Gasteiger partial charge in [0, 0.05) is 31.5 Å². The van der Waals surface area contributed by atoms with Crippen LogP contribution in [0.4, 0.5) is 0 Å². The van der Waals surface area contributed by atoms with Crippen molar-refractivity contribution in [2.45, 2.75) is 45.4 Å². The summed E-state index contributed by atoms with van der Waals surface area (Å²) in [6.07, 6.45) is 7.42. The molecule has 1 aliphatic heterocycles. The van der Waals surface area contributed by atoms with Crippen LogP contribution in [0, 0.1) is 0 Å². The molecule has 5 nitrogen and oxygen atoms in total. The first-order chi connectivity index (χ1) is 13.3. The third-order valence-corrected chi connectivity index (χ3v) is 5.21. The van der Waals surface area contributed by atoms with E-state index >= 15 is 0 Å². The van der Waals surface area contributed by atoms with Gasteiger partial charge in [-0.1, -0.05) is 13.0 Å². The highest BCUT2D eigenvalue weighted by Crippen LogP contribution is 2.28. The maximum absolute atomic E-state index is 5.92. The van der Waals surface area contributed by atoms with Gasteiger partial charge in [0.1, 0.15) is 6.61 Å². The second kappa shape index (κ2) is 10.3. The van der Waals surface area contributed by atoms with Crippen LogP contribution in [0.5, 0.6) is 11.5 Å². The summed E-state index contributed by atoms with van der Waals surface area (Å²) in [5.74, 6) is 1.54. The Kier molecular flexibility index (Phi) is 7.48. The van der Waals surface area contributed by atoms with Crippen LogP contribution >= 0.6 is 0 Å². The molecule has 0 aliphatic carbocycles. The summed E-state index contributed by atoms with van der Waals surface area (Å²) >= 11 is 0. The first-order valence-corrected chi connectivity index (χ1v) is 9.93. The van der Waals surface area contributed by atoms with Gasteiger partial charge in [-0.15, -0.1) is 0 Å². The molecular weight excluding hydrogens is 338 g/mol. The molecule has 1 aromatic heterocycles. The molecule has 0 saturated carbocycles. The molecule has 1 N–H and O–H groups in total. The molecule has 0 spiro atoms. The minimum absolute atomic E-state index is 0.504. The Bertz CT molecular complexity index is 687. The van der Waals surface area contributed by atoms with Gasteiger partial charge in [0.25, 0.3) is 0 Å². The van der Waals surface area contributed by atoms with Crippen molar-refractivity contribution in [2.75, 3.05) is 26.7 Å². The standard InChI is InChI=1S/C22H31N3O2/c1-3-20(25-12-4-5-13-25)16-24-15-19-6-7-21(22(14-19)26-2)27-17-18-8-10-23-11-9-18/h6-11,14,20,24H,3-5,12-13,15-17H2,1-2H3. The van der Waals surface area contributed by atoms with Gasteiger partial charge in [-0.3, -0.25) is 9.88 Å². The van der Waals surface area contributed by atoms with Crippen LogP contribution in [0.1, 0.15) is 37.3 Å². The molecule has 1 aliphatic rings. The number of ether oxygens (including phenoxy) is 2. The second-order valence-electron chi connectivity index (χ2n) is 7.07. The first kappa shape index (κ1) is 19.6. The molecule has 146 valence electrons. The van der Waals surface area contributed by atoms with Crippen molar-refractivity contribution in [3.05, 3.63) is 53.9 Å². The number of pyridine rings is 1. The lowest BCUT2D eigenvalue weighted by atomic mass is 10.1. The number of benzene rings is 1. The minimum atomic E-state index is 0.504. The van der Waals surface area contributed by atoms with Gasteiger partial charge in [-0.25, -0.2) is 0 Å². The van der Waals surface area contributed by atoms with E-state index in [1.165, 1.54) is 37.9 Å². The van der Waals surface area contributed by atoms with Gasteiger partial charge < -0.3 is 14.8 Å². The number of methoxy groups -OCH3 is 1. The lowest BCUT2D eigenvalue weighted by molar-refractivity contribution is 0.229. The summed E-state index contributed by atoms with van der Waals surface area (Å²) < 4.78 is 11.4. The molecular formula is C22H31N3O2. The van der Waals surface area contributed by atoms with Gasteiger partial charge in [-0.05, 0) is 67.7 Å². The number of likely N-dealkylation sites (tertiary alicyclic amines) is 1. The Morgan fingerprint density at radius 1 is 1.07 bits per heavy atom. The molecule has 0 bridgehead atoms. The Balaban J connectivity index is 1.52. The number of hydrogen-bond acceptors (Lipinski definition) is 5. The molecule has 1 unspecified atom stereocenters. The zero-order valence-corrected chi connectivity index (χ0v) is 16.5. The van der Waals surface area contributed by atoms with E-state index in [9.17, 15) is 0 Å². The molecule has 0 amide bonds. The highest BCUT2D eigenvalue weighted by atomic mass is 16.5. The van der Waals surface area contributed by atoms with Crippen LogP contribution in [0.15, 0.2) is 42.7 Å². The maximum atomic E-state index is 5.92. The quantitative estimate of drug-likeness (QED) is 0.693. The predicted octanol–water partition coefficient (Wildman–Crippen LogP) is 3.63. The smallest absolute Gasteiger partial charge is 0.161 e. The Hall–Kier alpha value is -2.11. The third-order valence-electron chi connectivity index (χ3n) is 5.21. The SMILES string of the molecule is CCC(CNCc1ccc(OCc2ccncc2)c(OC)c1)N1CCCC1. The van der Waals surface area contributed by atoms with E-state index in [1.807, 2.05) is 18.2 Å². The van der Waals surface area contributed by atoms with Crippen molar-refractivity contribution in [1.29, 1.82) is 0 Å². The van der Waals surface area contributed by atoms with Crippen LogP contribution < -0.4 is 14.8 Å². The van der Waals surface area contributed by atoms with E-state index in [-0.39, 0.29) is 0 Å². The summed E-state index contributed by atoms with van der Waals surface area (Å²) in [5.41, 5.74) is 2.30.